The van der Waals surface area contributed by atoms with E-state index in [4.69, 9.17) is 15.2 Å². The van der Waals surface area contributed by atoms with Gasteiger partial charge in [-0.05, 0) is 40.7 Å². The van der Waals surface area contributed by atoms with Crippen molar-refractivity contribution in [2.45, 2.75) is 46.4 Å². The van der Waals surface area contributed by atoms with Crippen molar-refractivity contribution in [3.8, 4) is 11.5 Å². The molecule has 0 fully saturated rings. The lowest BCUT2D eigenvalue weighted by molar-refractivity contribution is 0.255. The van der Waals surface area contributed by atoms with Gasteiger partial charge in [-0.2, -0.15) is 0 Å². The summed E-state index contributed by atoms with van der Waals surface area (Å²) in [6, 6.07) is 26.5. The van der Waals surface area contributed by atoms with E-state index in [-0.39, 0.29) is 11.5 Å². The second-order valence-corrected chi connectivity index (χ2v) is 8.51. The third kappa shape index (κ3) is 6.37. The molecule has 3 heteroatoms. The van der Waals surface area contributed by atoms with Crippen LogP contribution in [0.15, 0.2) is 78.9 Å². The Labute approximate surface area is 174 Å². The predicted octanol–water partition coefficient (Wildman–Crippen LogP) is 5.76. The van der Waals surface area contributed by atoms with Crippen LogP contribution in [-0.4, -0.2) is 6.04 Å². The fourth-order valence-electron chi connectivity index (χ4n) is 2.94. The summed E-state index contributed by atoms with van der Waals surface area (Å²) < 4.78 is 12.2. The molecule has 0 aliphatic carbocycles. The summed E-state index contributed by atoms with van der Waals surface area (Å²) in [6.45, 7) is 7.51. The van der Waals surface area contributed by atoms with E-state index in [0.717, 1.165) is 34.6 Å². The molecule has 0 saturated carbocycles. The topological polar surface area (TPSA) is 44.5 Å². The lowest BCUT2D eigenvalue weighted by atomic mass is 9.84. The molecule has 0 aliphatic heterocycles. The Morgan fingerprint density at radius 1 is 0.690 bits per heavy atom. The number of rotatable bonds is 8. The third-order valence-corrected chi connectivity index (χ3v) is 5.05. The van der Waals surface area contributed by atoms with E-state index in [2.05, 4.69) is 57.2 Å². The minimum atomic E-state index is 0.0491. The molecule has 0 aromatic heterocycles. The Morgan fingerprint density at radius 2 is 1.21 bits per heavy atom. The minimum absolute atomic E-state index is 0.0491. The third-order valence-electron chi connectivity index (χ3n) is 5.05. The first-order valence-corrected chi connectivity index (χ1v) is 10.1. The molecule has 0 aliphatic rings. The Kier molecular flexibility index (Phi) is 6.95. The second-order valence-electron chi connectivity index (χ2n) is 8.51. The minimum Gasteiger partial charge on any atom is -0.485 e. The number of hydrogen-bond donors (Lipinski definition) is 1. The molecule has 0 bridgehead atoms. The first-order chi connectivity index (χ1) is 13.9. The Bertz CT molecular complexity index is 886. The van der Waals surface area contributed by atoms with Crippen molar-refractivity contribution in [1.29, 1.82) is 0 Å². The van der Waals surface area contributed by atoms with Crippen LogP contribution in [0, 0.1) is 5.41 Å². The van der Waals surface area contributed by atoms with Gasteiger partial charge >= 0.3 is 0 Å². The van der Waals surface area contributed by atoms with E-state index in [0.29, 0.717) is 13.2 Å². The molecule has 3 aromatic carbocycles. The van der Waals surface area contributed by atoms with E-state index in [1.54, 1.807) is 0 Å². The number of hydrogen-bond acceptors (Lipinski definition) is 3. The maximum Gasteiger partial charge on any atom is 0.161 e. The zero-order valence-corrected chi connectivity index (χ0v) is 17.6. The van der Waals surface area contributed by atoms with Gasteiger partial charge in [-0.1, -0.05) is 87.5 Å². The van der Waals surface area contributed by atoms with Crippen molar-refractivity contribution in [2.75, 3.05) is 0 Å². The molecule has 1 unspecified atom stereocenters. The fourth-order valence-corrected chi connectivity index (χ4v) is 2.94. The average Bonchev–Trinajstić information content (AvgIpc) is 2.72. The normalized spacial score (nSPS) is 12.4. The van der Waals surface area contributed by atoms with E-state index in [9.17, 15) is 0 Å². The van der Waals surface area contributed by atoms with E-state index >= 15 is 0 Å². The van der Waals surface area contributed by atoms with E-state index in [1.807, 2.05) is 42.5 Å². The number of nitrogens with two attached hydrogens (primary N) is 1. The summed E-state index contributed by atoms with van der Waals surface area (Å²) >= 11 is 0. The molecule has 3 rings (SSSR count). The van der Waals surface area contributed by atoms with Crippen LogP contribution in [0.3, 0.4) is 0 Å². The zero-order valence-electron chi connectivity index (χ0n) is 17.6. The zero-order chi connectivity index (χ0) is 20.7. The van der Waals surface area contributed by atoms with Gasteiger partial charge in [-0.3, -0.25) is 0 Å². The highest BCUT2D eigenvalue weighted by atomic mass is 16.5. The predicted molar refractivity (Wildman–Crippen MR) is 119 cm³/mol. The highest BCUT2D eigenvalue weighted by Gasteiger charge is 2.21. The SMILES string of the molecule is CC(C)(C)C(N)Cc1ccc(OCc2ccccc2)c(OCc2ccccc2)c1. The quantitative estimate of drug-likeness (QED) is 0.533. The lowest BCUT2D eigenvalue weighted by Crippen LogP contribution is -2.36. The summed E-state index contributed by atoms with van der Waals surface area (Å²) in [7, 11) is 0. The van der Waals surface area contributed by atoms with Crippen molar-refractivity contribution < 1.29 is 9.47 Å². The summed E-state index contributed by atoms with van der Waals surface area (Å²) in [6.07, 6.45) is 0.796. The molecule has 0 heterocycles. The Morgan fingerprint density at radius 3 is 1.72 bits per heavy atom. The summed E-state index contributed by atoms with van der Waals surface area (Å²) in [5.41, 5.74) is 9.85. The van der Waals surface area contributed by atoms with Crippen molar-refractivity contribution >= 4 is 0 Å². The van der Waals surface area contributed by atoms with Crippen LogP contribution in [-0.2, 0) is 19.6 Å². The lowest BCUT2D eigenvalue weighted by Gasteiger charge is -2.27. The van der Waals surface area contributed by atoms with E-state index in [1.165, 1.54) is 0 Å². The second kappa shape index (κ2) is 9.62. The van der Waals surface area contributed by atoms with Crippen molar-refractivity contribution in [2.24, 2.45) is 11.1 Å². The Balaban J connectivity index is 1.77. The first-order valence-electron chi connectivity index (χ1n) is 10.1. The largest absolute Gasteiger partial charge is 0.485 e. The highest BCUT2D eigenvalue weighted by Crippen LogP contribution is 2.31. The van der Waals surface area contributed by atoms with Crippen molar-refractivity contribution in [3.63, 3.8) is 0 Å². The molecule has 0 spiro atoms. The van der Waals surface area contributed by atoms with Crippen LogP contribution < -0.4 is 15.2 Å². The van der Waals surface area contributed by atoms with Crippen molar-refractivity contribution in [1.82, 2.24) is 0 Å². The van der Waals surface area contributed by atoms with Gasteiger partial charge < -0.3 is 15.2 Å². The Hall–Kier alpha value is -2.78. The van der Waals surface area contributed by atoms with Gasteiger partial charge in [-0.25, -0.2) is 0 Å². The molecule has 152 valence electrons. The molecule has 3 aromatic rings. The molecule has 1 atom stereocenters. The van der Waals surface area contributed by atoms with Crippen LogP contribution in [0.5, 0.6) is 11.5 Å². The van der Waals surface area contributed by atoms with Crippen molar-refractivity contribution in [3.05, 3.63) is 95.6 Å². The fraction of sp³-hybridized carbons (Fsp3) is 0.308. The molecular weight excluding hydrogens is 358 g/mol. The smallest absolute Gasteiger partial charge is 0.161 e. The molecule has 0 saturated heterocycles. The average molecular weight is 390 g/mol. The van der Waals surface area contributed by atoms with Crippen LogP contribution in [0.2, 0.25) is 0 Å². The summed E-state index contributed by atoms with van der Waals surface area (Å²) in [5.74, 6) is 1.50. The number of benzene rings is 3. The summed E-state index contributed by atoms with van der Waals surface area (Å²) in [4.78, 5) is 0. The maximum absolute atomic E-state index is 6.40. The molecule has 3 nitrogen and oxygen atoms in total. The summed E-state index contributed by atoms with van der Waals surface area (Å²) in [5, 5.41) is 0. The van der Waals surface area contributed by atoms with Gasteiger partial charge in [-0.15, -0.1) is 0 Å². The maximum atomic E-state index is 6.40. The van der Waals surface area contributed by atoms with Gasteiger partial charge in [0.25, 0.3) is 0 Å². The van der Waals surface area contributed by atoms with Gasteiger partial charge in [0, 0.05) is 6.04 Å². The molecular formula is C26H31NO2. The van der Waals surface area contributed by atoms with Crippen LogP contribution in [0.25, 0.3) is 0 Å². The van der Waals surface area contributed by atoms with Gasteiger partial charge in [0.2, 0.25) is 0 Å². The van der Waals surface area contributed by atoms with Gasteiger partial charge in [0.15, 0.2) is 11.5 Å². The van der Waals surface area contributed by atoms with Crippen LogP contribution in [0.1, 0.15) is 37.5 Å². The highest BCUT2D eigenvalue weighted by molar-refractivity contribution is 5.43. The monoisotopic (exact) mass is 389 g/mol. The molecule has 2 N–H and O–H groups in total. The van der Waals surface area contributed by atoms with Gasteiger partial charge in [0.05, 0.1) is 0 Å². The molecule has 0 amide bonds. The number of ether oxygens (including phenoxy) is 2. The van der Waals surface area contributed by atoms with Crippen LogP contribution in [0.4, 0.5) is 0 Å². The molecule has 0 radical (unpaired) electrons. The van der Waals surface area contributed by atoms with Crippen LogP contribution >= 0.6 is 0 Å². The first kappa shape index (κ1) is 20.9. The van der Waals surface area contributed by atoms with Gasteiger partial charge in [0.1, 0.15) is 13.2 Å². The van der Waals surface area contributed by atoms with E-state index < -0.39 is 0 Å². The molecule has 29 heavy (non-hydrogen) atoms. The standard InChI is InChI=1S/C26H31NO2/c1-26(2,3)25(27)17-22-14-15-23(28-18-20-10-6-4-7-11-20)24(16-22)29-19-21-12-8-5-9-13-21/h4-16,25H,17-19,27H2,1-3H3.